The highest BCUT2D eigenvalue weighted by Gasteiger charge is 2.29. The first-order chi connectivity index (χ1) is 9.25. The van der Waals surface area contributed by atoms with Gasteiger partial charge in [0.1, 0.15) is 5.75 Å². The van der Waals surface area contributed by atoms with Gasteiger partial charge in [0.15, 0.2) is 0 Å². The molecule has 0 aromatic heterocycles. The standard InChI is InChI=1S/C15H20N2O2/c16-15(18)13-9-11(6-7-17-13)12-5-1-3-10-4-2-8-19-14(10)12/h1,3,5,11,13,17H,2,4,6-9H2,(H2,16,18). The van der Waals surface area contributed by atoms with E-state index in [0.717, 1.165) is 44.6 Å². The molecule has 3 rings (SSSR count). The molecule has 2 unspecified atom stereocenters. The first-order valence-corrected chi connectivity index (χ1v) is 7.03. The second-order valence-electron chi connectivity index (χ2n) is 5.42. The van der Waals surface area contributed by atoms with Crippen LogP contribution in [0.5, 0.6) is 5.75 Å². The van der Waals surface area contributed by atoms with Crippen LogP contribution in [0.2, 0.25) is 0 Å². The van der Waals surface area contributed by atoms with E-state index < -0.39 is 0 Å². The van der Waals surface area contributed by atoms with Gasteiger partial charge < -0.3 is 15.8 Å². The van der Waals surface area contributed by atoms with Crippen LogP contribution >= 0.6 is 0 Å². The Morgan fingerprint density at radius 1 is 1.42 bits per heavy atom. The van der Waals surface area contributed by atoms with Gasteiger partial charge >= 0.3 is 0 Å². The molecule has 2 atom stereocenters. The maximum absolute atomic E-state index is 11.3. The zero-order valence-corrected chi connectivity index (χ0v) is 11.0. The Labute approximate surface area is 113 Å². The first-order valence-electron chi connectivity index (χ1n) is 7.03. The molecule has 0 saturated carbocycles. The van der Waals surface area contributed by atoms with Gasteiger partial charge in [-0.2, -0.15) is 0 Å². The van der Waals surface area contributed by atoms with E-state index in [4.69, 9.17) is 10.5 Å². The zero-order valence-electron chi connectivity index (χ0n) is 11.0. The number of hydrogen-bond donors (Lipinski definition) is 2. The fourth-order valence-electron chi connectivity index (χ4n) is 3.15. The Kier molecular flexibility index (Phi) is 3.42. The van der Waals surface area contributed by atoms with E-state index in [9.17, 15) is 4.79 Å². The highest BCUT2D eigenvalue weighted by Crippen LogP contribution is 2.38. The molecule has 2 heterocycles. The molecule has 0 aliphatic carbocycles. The minimum atomic E-state index is -0.254. The molecule has 1 amide bonds. The maximum atomic E-state index is 11.3. The smallest absolute Gasteiger partial charge is 0.234 e. The number of carbonyl (C=O) groups is 1. The Morgan fingerprint density at radius 2 is 2.32 bits per heavy atom. The second kappa shape index (κ2) is 5.21. The lowest BCUT2D eigenvalue weighted by Gasteiger charge is -2.31. The lowest BCUT2D eigenvalue weighted by Crippen LogP contribution is -2.46. The maximum Gasteiger partial charge on any atom is 0.234 e. The largest absolute Gasteiger partial charge is 0.493 e. The van der Waals surface area contributed by atoms with Crippen molar-refractivity contribution >= 4 is 5.91 Å². The molecule has 4 nitrogen and oxygen atoms in total. The number of piperidine rings is 1. The molecule has 4 heteroatoms. The number of nitrogens with two attached hydrogens (primary N) is 1. The van der Waals surface area contributed by atoms with Crippen molar-refractivity contribution in [3.05, 3.63) is 29.3 Å². The van der Waals surface area contributed by atoms with Crippen LogP contribution in [0.1, 0.15) is 36.3 Å². The molecule has 1 aromatic rings. The number of fused-ring (bicyclic) bond motifs is 1. The SMILES string of the molecule is NC(=O)C1CC(c2cccc3c2OCCC3)CCN1. The van der Waals surface area contributed by atoms with Crippen LogP contribution in [0.4, 0.5) is 0 Å². The van der Waals surface area contributed by atoms with E-state index in [2.05, 4.69) is 23.5 Å². The van der Waals surface area contributed by atoms with E-state index in [1.54, 1.807) is 0 Å². The average Bonchev–Trinajstić information content (AvgIpc) is 2.47. The Bertz CT molecular complexity index is 487. The van der Waals surface area contributed by atoms with Crippen molar-refractivity contribution in [1.29, 1.82) is 0 Å². The number of carbonyl (C=O) groups excluding carboxylic acids is 1. The summed E-state index contributed by atoms with van der Waals surface area (Å²) < 4.78 is 5.87. The van der Waals surface area contributed by atoms with Crippen LogP contribution in [0, 0.1) is 0 Å². The molecular formula is C15H20N2O2. The van der Waals surface area contributed by atoms with Crippen molar-refractivity contribution in [2.75, 3.05) is 13.2 Å². The highest BCUT2D eigenvalue weighted by atomic mass is 16.5. The van der Waals surface area contributed by atoms with Crippen molar-refractivity contribution in [2.24, 2.45) is 5.73 Å². The summed E-state index contributed by atoms with van der Waals surface area (Å²) in [5, 5.41) is 3.18. The molecule has 0 bridgehead atoms. The van der Waals surface area contributed by atoms with Crippen molar-refractivity contribution in [1.82, 2.24) is 5.32 Å². The molecule has 1 fully saturated rings. The molecule has 2 aliphatic rings. The van der Waals surface area contributed by atoms with Gasteiger partial charge in [-0.1, -0.05) is 18.2 Å². The number of hydrogen-bond acceptors (Lipinski definition) is 3. The molecule has 1 saturated heterocycles. The minimum absolute atomic E-state index is 0.210. The van der Waals surface area contributed by atoms with Gasteiger partial charge in [-0.25, -0.2) is 0 Å². The van der Waals surface area contributed by atoms with Gasteiger partial charge in [0.2, 0.25) is 5.91 Å². The Morgan fingerprint density at radius 3 is 3.16 bits per heavy atom. The number of para-hydroxylation sites is 1. The number of aryl methyl sites for hydroxylation is 1. The van der Waals surface area contributed by atoms with Gasteiger partial charge in [0, 0.05) is 0 Å². The summed E-state index contributed by atoms with van der Waals surface area (Å²) in [6, 6.07) is 6.17. The summed E-state index contributed by atoms with van der Waals surface area (Å²) in [6.45, 7) is 1.64. The Balaban J connectivity index is 1.87. The lowest BCUT2D eigenvalue weighted by molar-refractivity contribution is -0.120. The third-order valence-electron chi connectivity index (χ3n) is 4.15. The molecule has 2 aliphatic heterocycles. The summed E-state index contributed by atoms with van der Waals surface area (Å²) in [4.78, 5) is 11.3. The van der Waals surface area contributed by atoms with Gasteiger partial charge in [-0.15, -0.1) is 0 Å². The zero-order chi connectivity index (χ0) is 13.2. The van der Waals surface area contributed by atoms with Crippen LogP contribution in [-0.2, 0) is 11.2 Å². The molecule has 3 N–H and O–H groups in total. The predicted octanol–water partition coefficient (Wildman–Crippen LogP) is 1.33. The lowest BCUT2D eigenvalue weighted by atomic mass is 9.84. The van der Waals surface area contributed by atoms with Crippen LogP contribution in [0.15, 0.2) is 18.2 Å². The fourth-order valence-corrected chi connectivity index (χ4v) is 3.15. The van der Waals surface area contributed by atoms with Crippen LogP contribution in [0.3, 0.4) is 0 Å². The average molecular weight is 260 g/mol. The van der Waals surface area contributed by atoms with E-state index >= 15 is 0 Å². The van der Waals surface area contributed by atoms with E-state index in [-0.39, 0.29) is 11.9 Å². The van der Waals surface area contributed by atoms with Gasteiger partial charge in [0.05, 0.1) is 12.6 Å². The Hall–Kier alpha value is -1.55. The number of primary amides is 1. The fraction of sp³-hybridized carbons (Fsp3) is 0.533. The molecule has 102 valence electrons. The number of amides is 1. The number of rotatable bonds is 2. The predicted molar refractivity (Wildman–Crippen MR) is 73.2 cm³/mol. The third kappa shape index (κ3) is 2.45. The van der Waals surface area contributed by atoms with Crippen molar-refractivity contribution in [3.8, 4) is 5.75 Å². The molecule has 19 heavy (non-hydrogen) atoms. The van der Waals surface area contributed by atoms with Crippen LogP contribution in [-0.4, -0.2) is 25.1 Å². The van der Waals surface area contributed by atoms with Gasteiger partial charge in [0.25, 0.3) is 0 Å². The van der Waals surface area contributed by atoms with Crippen molar-refractivity contribution in [3.63, 3.8) is 0 Å². The molecule has 0 spiro atoms. The summed E-state index contributed by atoms with van der Waals surface area (Å²) in [6.07, 6.45) is 3.98. The quantitative estimate of drug-likeness (QED) is 0.843. The summed E-state index contributed by atoms with van der Waals surface area (Å²) in [7, 11) is 0. The number of benzene rings is 1. The minimum Gasteiger partial charge on any atom is -0.493 e. The van der Waals surface area contributed by atoms with Gasteiger partial charge in [-0.05, 0) is 49.3 Å². The van der Waals surface area contributed by atoms with Crippen molar-refractivity contribution < 1.29 is 9.53 Å². The third-order valence-corrected chi connectivity index (χ3v) is 4.15. The van der Waals surface area contributed by atoms with E-state index in [0.29, 0.717) is 5.92 Å². The van der Waals surface area contributed by atoms with Crippen molar-refractivity contribution in [2.45, 2.75) is 37.6 Å². The van der Waals surface area contributed by atoms with Gasteiger partial charge in [-0.3, -0.25) is 4.79 Å². The molecular weight excluding hydrogens is 240 g/mol. The summed E-state index contributed by atoms with van der Waals surface area (Å²) >= 11 is 0. The summed E-state index contributed by atoms with van der Waals surface area (Å²) in [5.41, 5.74) is 7.97. The highest BCUT2D eigenvalue weighted by molar-refractivity contribution is 5.80. The monoisotopic (exact) mass is 260 g/mol. The number of ether oxygens (including phenoxy) is 1. The number of nitrogens with one attached hydrogen (secondary N) is 1. The van der Waals surface area contributed by atoms with E-state index in [1.165, 1.54) is 11.1 Å². The summed E-state index contributed by atoms with van der Waals surface area (Å²) in [5.74, 6) is 1.17. The molecule has 0 radical (unpaired) electrons. The van der Waals surface area contributed by atoms with Crippen LogP contribution in [0.25, 0.3) is 0 Å². The second-order valence-corrected chi connectivity index (χ2v) is 5.42. The topological polar surface area (TPSA) is 64.4 Å². The molecule has 1 aromatic carbocycles. The van der Waals surface area contributed by atoms with E-state index in [1.807, 2.05) is 0 Å². The van der Waals surface area contributed by atoms with Crippen LogP contribution < -0.4 is 15.8 Å². The first kappa shape index (κ1) is 12.5. The normalized spacial score (nSPS) is 26.3.